The fourth-order valence-electron chi connectivity index (χ4n) is 7.27. The summed E-state index contributed by atoms with van der Waals surface area (Å²) in [5.41, 5.74) is 1.05. The first kappa shape index (κ1) is 30.7. The van der Waals surface area contributed by atoms with Gasteiger partial charge in [0.2, 0.25) is 11.6 Å². The molecule has 0 heterocycles. The van der Waals surface area contributed by atoms with Crippen LogP contribution >= 0.6 is 0 Å². The number of methoxy groups -OCH3 is 2. The molecular weight excluding hydrogens is 516 g/mol. The predicted molar refractivity (Wildman–Crippen MR) is 152 cm³/mol. The summed E-state index contributed by atoms with van der Waals surface area (Å²) in [4.78, 5) is 0. The van der Waals surface area contributed by atoms with E-state index in [1.165, 1.54) is 46.0 Å². The van der Waals surface area contributed by atoms with E-state index in [9.17, 15) is 17.6 Å². The molecule has 3 saturated carbocycles. The van der Waals surface area contributed by atoms with Gasteiger partial charge in [0.1, 0.15) is 0 Å². The SMILES string of the molecule is COc1ccc(C2CCC(C)CC2)c(F)c1F.COc1ccc(C2CCC(C3CCC(C)CC3)CC2)c(F)c1F. The van der Waals surface area contributed by atoms with Crippen molar-refractivity contribution in [2.75, 3.05) is 14.2 Å². The molecule has 2 aromatic carbocycles. The van der Waals surface area contributed by atoms with Gasteiger partial charge in [0, 0.05) is 0 Å². The van der Waals surface area contributed by atoms with Crippen molar-refractivity contribution in [2.45, 2.75) is 103 Å². The van der Waals surface area contributed by atoms with Crippen LogP contribution in [0.4, 0.5) is 17.6 Å². The van der Waals surface area contributed by atoms with Crippen LogP contribution in [0, 0.1) is 46.9 Å². The van der Waals surface area contributed by atoms with E-state index in [-0.39, 0.29) is 23.3 Å². The molecule has 2 aromatic rings. The molecule has 40 heavy (non-hydrogen) atoms. The zero-order chi connectivity index (χ0) is 28.8. The third kappa shape index (κ3) is 7.15. The average molecular weight is 563 g/mol. The van der Waals surface area contributed by atoms with Gasteiger partial charge < -0.3 is 9.47 Å². The lowest BCUT2D eigenvalue weighted by Gasteiger charge is -2.37. The van der Waals surface area contributed by atoms with E-state index in [0.717, 1.165) is 69.1 Å². The zero-order valence-corrected chi connectivity index (χ0v) is 24.6. The molecule has 0 atom stereocenters. The Morgan fingerprint density at radius 2 is 0.800 bits per heavy atom. The third-order valence-electron chi connectivity index (χ3n) is 9.99. The Hall–Kier alpha value is -2.24. The lowest BCUT2D eigenvalue weighted by molar-refractivity contribution is 0.164. The molecule has 0 aliphatic heterocycles. The van der Waals surface area contributed by atoms with Gasteiger partial charge in [-0.3, -0.25) is 0 Å². The third-order valence-corrected chi connectivity index (χ3v) is 9.99. The molecule has 0 N–H and O–H groups in total. The van der Waals surface area contributed by atoms with Crippen LogP contribution in [0.1, 0.15) is 114 Å². The van der Waals surface area contributed by atoms with E-state index < -0.39 is 23.3 Å². The number of halogens is 4. The van der Waals surface area contributed by atoms with Crippen LogP contribution in [0.5, 0.6) is 11.5 Å². The first-order valence-corrected chi connectivity index (χ1v) is 15.3. The Labute approximate surface area is 237 Å². The molecule has 0 saturated heterocycles. The Morgan fingerprint density at radius 1 is 0.475 bits per heavy atom. The molecule has 0 radical (unpaired) electrons. The molecule has 0 unspecified atom stereocenters. The van der Waals surface area contributed by atoms with Gasteiger partial charge in [-0.25, -0.2) is 8.78 Å². The second kappa shape index (κ2) is 14.1. The predicted octanol–water partition coefficient (Wildman–Crippen LogP) is 10.3. The summed E-state index contributed by atoms with van der Waals surface area (Å²) >= 11 is 0. The first-order valence-electron chi connectivity index (χ1n) is 15.3. The largest absolute Gasteiger partial charge is 0.494 e. The average Bonchev–Trinajstić information content (AvgIpc) is 2.97. The standard InChI is InChI=1S/C20H28F2O.C14H18F2O/c1-13-3-5-14(6-4-13)15-7-9-16(10-8-15)17-11-12-18(23-2)20(22)19(17)21;1-9-3-5-10(6-4-9)11-7-8-12(17-2)14(16)13(11)15/h11-16H,3-10H2,1-2H3;7-10H,3-6H2,1-2H3. The fraction of sp³-hybridized carbons (Fsp3) is 0.647. The number of ether oxygens (including phenoxy) is 2. The second-order valence-corrected chi connectivity index (χ2v) is 12.6. The Bertz CT molecular complexity index is 1100. The van der Waals surface area contributed by atoms with E-state index in [2.05, 4.69) is 13.8 Å². The lowest BCUT2D eigenvalue weighted by atomic mass is 9.68. The second-order valence-electron chi connectivity index (χ2n) is 12.6. The highest BCUT2D eigenvalue weighted by Gasteiger charge is 2.32. The van der Waals surface area contributed by atoms with Crippen LogP contribution in [0.2, 0.25) is 0 Å². The molecule has 6 heteroatoms. The first-order chi connectivity index (χ1) is 19.2. The van der Waals surface area contributed by atoms with Crippen LogP contribution < -0.4 is 9.47 Å². The topological polar surface area (TPSA) is 18.5 Å². The molecule has 3 fully saturated rings. The van der Waals surface area contributed by atoms with Crippen LogP contribution in [-0.2, 0) is 0 Å². The van der Waals surface area contributed by atoms with Gasteiger partial charge in [0.25, 0.3) is 0 Å². The summed E-state index contributed by atoms with van der Waals surface area (Å²) in [5.74, 6) is 0.415. The molecule has 0 amide bonds. The molecule has 5 rings (SSSR count). The van der Waals surface area contributed by atoms with Crippen LogP contribution in [-0.4, -0.2) is 14.2 Å². The molecule has 0 bridgehead atoms. The Morgan fingerprint density at radius 3 is 1.18 bits per heavy atom. The van der Waals surface area contributed by atoms with Crippen LogP contribution in [0.25, 0.3) is 0 Å². The minimum atomic E-state index is -0.858. The van der Waals surface area contributed by atoms with Crippen molar-refractivity contribution in [3.05, 3.63) is 58.7 Å². The van der Waals surface area contributed by atoms with E-state index in [0.29, 0.717) is 17.0 Å². The fourth-order valence-corrected chi connectivity index (χ4v) is 7.27. The van der Waals surface area contributed by atoms with Crippen LogP contribution in [0.3, 0.4) is 0 Å². The monoisotopic (exact) mass is 562 g/mol. The van der Waals surface area contributed by atoms with Crippen molar-refractivity contribution in [3.63, 3.8) is 0 Å². The minimum Gasteiger partial charge on any atom is -0.494 e. The van der Waals surface area contributed by atoms with E-state index in [1.54, 1.807) is 18.2 Å². The van der Waals surface area contributed by atoms with Gasteiger partial charge in [-0.15, -0.1) is 0 Å². The maximum absolute atomic E-state index is 14.3. The van der Waals surface area contributed by atoms with Gasteiger partial charge in [-0.2, -0.15) is 8.78 Å². The lowest BCUT2D eigenvalue weighted by Crippen LogP contribution is -2.25. The highest BCUT2D eigenvalue weighted by Crippen LogP contribution is 2.45. The number of rotatable bonds is 5. The normalized spacial score (nSPS) is 28.8. The number of hydrogen-bond acceptors (Lipinski definition) is 2. The van der Waals surface area contributed by atoms with Gasteiger partial charge in [0.15, 0.2) is 23.1 Å². The number of hydrogen-bond donors (Lipinski definition) is 0. The highest BCUT2D eigenvalue weighted by molar-refractivity contribution is 5.34. The van der Waals surface area contributed by atoms with E-state index >= 15 is 0 Å². The Balaban J connectivity index is 0.000000194. The van der Waals surface area contributed by atoms with Gasteiger partial charge in [0.05, 0.1) is 14.2 Å². The molecular formula is C34H46F4O2. The summed E-state index contributed by atoms with van der Waals surface area (Å²) in [6.45, 7) is 4.56. The van der Waals surface area contributed by atoms with Crippen LogP contribution in [0.15, 0.2) is 24.3 Å². The molecule has 0 aromatic heterocycles. The van der Waals surface area contributed by atoms with E-state index in [1.807, 2.05) is 0 Å². The minimum absolute atomic E-state index is 0.00346. The highest BCUT2D eigenvalue weighted by atomic mass is 19.2. The summed E-state index contributed by atoms with van der Waals surface area (Å²) in [7, 11) is 2.72. The van der Waals surface area contributed by atoms with Crippen molar-refractivity contribution >= 4 is 0 Å². The van der Waals surface area contributed by atoms with Gasteiger partial charge >= 0.3 is 0 Å². The van der Waals surface area contributed by atoms with Crippen molar-refractivity contribution in [1.82, 2.24) is 0 Å². The molecule has 222 valence electrons. The maximum Gasteiger partial charge on any atom is 0.200 e. The molecule has 0 spiro atoms. The van der Waals surface area contributed by atoms with E-state index in [4.69, 9.17) is 9.47 Å². The summed E-state index contributed by atoms with van der Waals surface area (Å²) in [6, 6.07) is 6.45. The van der Waals surface area contributed by atoms with Crippen molar-refractivity contribution in [1.29, 1.82) is 0 Å². The molecule has 2 nitrogen and oxygen atoms in total. The van der Waals surface area contributed by atoms with Crippen molar-refractivity contribution in [2.24, 2.45) is 23.7 Å². The van der Waals surface area contributed by atoms with Gasteiger partial charge in [-0.1, -0.05) is 51.7 Å². The summed E-state index contributed by atoms with van der Waals surface area (Å²) in [5, 5.41) is 0. The van der Waals surface area contributed by atoms with Crippen molar-refractivity contribution in [3.8, 4) is 11.5 Å². The molecule has 3 aliphatic carbocycles. The summed E-state index contributed by atoms with van der Waals surface area (Å²) in [6.07, 6.45) is 13.8. The number of benzene rings is 2. The van der Waals surface area contributed by atoms with Crippen molar-refractivity contribution < 1.29 is 27.0 Å². The Kier molecular flexibility index (Phi) is 10.8. The maximum atomic E-state index is 14.3. The quantitative estimate of drug-likeness (QED) is 0.338. The summed E-state index contributed by atoms with van der Waals surface area (Å²) < 4.78 is 65.3. The zero-order valence-electron chi connectivity index (χ0n) is 24.6. The smallest absolute Gasteiger partial charge is 0.200 e. The molecule has 3 aliphatic rings. The van der Waals surface area contributed by atoms with Gasteiger partial charge in [-0.05, 0) is 110 Å².